The summed E-state index contributed by atoms with van der Waals surface area (Å²) in [5, 5.41) is 10.5. The quantitative estimate of drug-likeness (QED) is 0.729. The van der Waals surface area contributed by atoms with Gasteiger partial charge in [-0.05, 0) is 12.8 Å². The number of aryl methyl sites for hydroxylation is 1. The molecule has 0 unspecified atom stereocenters. The van der Waals surface area contributed by atoms with E-state index in [0.29, 0.717) is 19.6 Å². The molecule has 1 saturated heterocycles. The molecule has 1 aromatic heterocycles. The fraction of sp³-hybridized carbons (Fsp3) is 0.769. The lowest BCUT2D eigenvalue weighted by Crippen LogP contribution is -2.51. The highest BCUT2D eigenvalue weighted by Crippen LogP contribution is 2.26. The highest BCUT2D eigenvalue weighted by molar-refractivity contribution is 7.89. The van der Waals surface area contributed by atoms with Crippen LogP contribution in [-0.2, 0) is 21.8 Å². The van der Waals surface area contributed by atoms with E-state index >= 15 is 0 Å². The predicted molar refractivity (Wildman–Crippen MR) is 78.7 cm³/mol. The highest BCUT2D eigenvalue weighted by atomic mass is 32.2. The van der Waals surface area contributed by atoms with E-state index in [1.165, 1.54) is 12.5 Å². The van der Waals surface area contributed by atoms with E-state index in [1.807, 2.05) is 0 Å². The van der Waals surface area contributed by atoms with Gasteiger partial charge in [0.05, 0.1) is 25.6 Å². The molecule has 22 heavy (non-hydrogen) atoms. The first-order chi connectivity index (χ1) is 10.5. The van der Waals surface area contributed by atoms with Gasteiger partial charge < -0.3 is 14.4 Å². The Morgan fingerprint density at radius 3 is 2.73 bits per heavy atom. The Balaban J connectivity index is 1.66. The first-order valence-electron chi connectivity index (χ1n) is 7.47. The molecule has 0 radical (unpaired) electrons. The third-order valence-corrected chi connectivity index (χ3v) is 5.73. The molecule has 124 valence electrons. The van der Waals surface area contributed by atoms with Gasteiger partial charge in [0, 0.05) is 38.4 Å². The summed E-state index contributed by atoms with van der Waals surface area (Å²) in [5.74, 6) is 0. The number of hydrogen-bond donors (Lipinski definition) is 2. The van der Waals surface area contributed by atoms with Gasteiger partial charge in [-0.25, -0.2) is 18.1 Å². The minimum Gasteiger partial charge on any atom is -0.390 e. The van der Waals surface area contributed by atoms with Crippen LogP contribution in [0, 0.1) is 0 Å². The van der Waals surface area contributed by atoms with Crippen molar-refractivity contribution in [3.63, 3.8) is 0 Å². The van der Waals surface area contributed by atoms with Crippen LogP contribution < -0.4 is 4.72 Å². The second-order valence-electron chi connectivity index (χ2n) is 5.89. The summed E-state index contributed by atoms with van der Waals surface area (Å²) in [6, 6.07) is -0.486. The van der Waals surface area contributed by atoms with Gasteiger partial charge in [-0.15, -0.1) is 0 Å². The lowest BCUT2D eigenvalue weighted by atomic mass is 10.1. The predicted octanol–water partition coefficient (Wildman–Crippen LogP) is -1.08. The Morgan fingerprint density at radius 1 is 1.36 bits per heavy atom. The van der Waals surface area contributed by atoms with E-state index in [4.69, 9.17) is 4.74 Å². The van der Waals surface area contributed by atoms with Crippen LogP contribution in [0.1, 0.15) is 12.8 Å². The zero-order chi connectivity index (χ0) is 15.7. The third-order valence-electron chi connectivity index (χ3n) is 4.36. The summed E-state index contributed by atoms with van der Waals surface area (Å²) in [6.07, 6.45) is 3.57. The zero-order valence-electron chi connectivity index (χ0n) is 12.6. The van der Waals surface area contributed by atoms with Crippen molar-refractivity contribution in [1.82, 2.24) is 19.2 Å². The SMILES string of the molecule is Cn1cnc(S(=O)(=O)N[C@@H]2CC[C@@H](N3CCOCC3)[C@@H]2O)c1. The third kappa shape index (κ3) is 3.18. The summed E-state index contributed by atoms with van der Waals surface area (Å²) >= 11 is 0. The van der Waals surface area contributed by atoms with Crippen molar-refractivity contribution in [2.24, 2.45) is 7.05 Å². The maximum absolute atomic E-state index is 12.3. The normalized spacial score (nSPS) is 30.7. The Hall–Kier alpha value is -1.00. The smallest absolute Gasteiger partial charge is 0.259 e. The van der Waals surface area contributed by atoms with Crippen LogP contribution in [0.3, 0.4) is 0 Å². The molecule has 0 bridgehead atoms. The zero-order valence-corrected chi connectivity index (χ0v) is 13.4. The summed E-state index contributed by atoms with van der Waals surface area (Å²) in [6.45, 7) is 2.88. The average Bonchev–Trinajstić information content (AvgIpc) is 3.08. The van der Waals surface area contributed by atoms with Crippen molar-refractivity contribution in [1.29, 1.82) is 0 Å². The van der Waals surface area contributed by atoms with Gasteiger partial charge in [0.15, 0.2) is 5.03 Å². The Bertz CT molecular complexity index is 611. The molecule has 2 aliphatic rings. The lowest BCUT2D eigenvalue weighted by molar-refractivity contribution is -0.0145. The molecule has 1 aliphatic heterocycles. The first kappa shape index (κ1) is 15.9. The molecule has 8 nitrogen and oxygen atoms in total. The molecular formula is C13H22N4O4S. The summed E-state index contributed by atoms with van der Waals surface area (Å²) in [7, 11) is -1.98. The number of aliphatic hydroxyl groups is 1. The van der Waals surface area contributed by atoms with E-state index in [1.54, 1.807) is 11.6 Å². The van der Waals surface area contributed by atoms with Gasteiger partial charge in [-0.2, -0.15) is 0 Å². The van der Waals surface area contributed by atoms with Crippen molar-refractivity contribution >= 4 is 10.0 Å². The topological polar surface area (TPSA) is 96.7 Å². The van der Waals surface area contributed by atoms with Gasteiger partial charge in [0.25, 0.3) is 10.0 Å². The fourth-order valence-electron chi connectivity index (χ4n) is 3.18. The number of aliphatic hydroxyl groups excluding tert-OH is 1. The van der Waals surface area contributed by atoms with Crippen LogP contribution in [0.25, 0.3) is 0 Å². The van der Waals surface area contributed by atoms with Crippen LogP contribution in [0.15, 0.2) is 17.6 Å². The van der Waals surface area contributed by atoms with Gasteiger partial charge in [0.2, 0.25) is 0 Å². The van der Waals surface area contributed by atoms with Crippen LogP contribution in [-0.4, -0.2) is 72.5 Å². The van der Waals surface area contributed by atoms with E-state index in [9.17, 15) is 13.5 Å². The Labute approximate surface area is 130 Å². The minimum absolute atomic E-state index is 0.0136. The fourth-order valence-corrected chi connectivity index (χ4v) is 4.45. The maximum Gasteiger partial charge on any atom is 0.259 e. The number of nitrogens with zero attached hydrogens (tertiary/aromatic N) is 3. The second kappa shape index (κ2) is 6.25. The van der Waals surface area contributed by atoms with Crippen molar-refractivity contribution in [2.45, 2.75) is 36.1 Å². The summed E-state index contributed by atoms with van der Waals surface area (Å²) < 4.78 is 34.1. The molecule has 9 heteroatoms. The van der Waals surface area contributed by atoms with Crippen molar-refractivity contribution < 1.29 is 18.3 Å². The molecular weight excluding hydrogens is 308 g/mol. The number of imidazole rings is 1. The molecule has 2 N–H and O–H groups in total. The van der Waals surface area contributed by atoms with Crippen LogP contribution in [0.5, 0.6) is 0 Å². The standard InChI is InChI=1S/C13H22N4O4S/c1-16-8-12(14-9-16)22(19,20)15-10-2-3-11(13(10)18)17-4-6-21-7-5-17/h8-11,13,15,18H,2-7H2,1H3/t10-,11-,13-/m1/s1. The molecule has 1 aliphatic carbocycles. The molecule has 3 atom stereocenters. The average molecular weight is 330 g/mol. The molecule has 0 amide bonds. The van der Waals surface area contributed by atoms with E-state index in [0.717, 1.165) is 19.5 Å². The number of hydrogen-bond acceptors (Lipinski definition) is 6. The van der Waals surface area contributed by atoms with Gasteiger partial charge in [-0.1, -0.05) is 0 Å². The maximum atomic E-state index is 12.3. The first-order valence-corrected chi connectivity index (χ1v) is 8.96. The van der Waals surface area contributed by atoms with Crippen molar-refractivity contribution in [3.8, 4) is 0 Å². The molecule has 2 heterocycles. The molecule has 2 fully saturated rings. The molecule has 1 saturated carbocycles. The highest BCUT2D eigenvalue weighted by Gasteiger charge is 2.40. The molecule has 0 aromatic carbocycles. The molecule has 0 spiro atoms. The van der Waals surface area contributed by atoms with Crippen LogP contribution >= 0.6 is 0 Å². The largest absolute Gasteiger partial charge is 0.390 e. The number of nitrogens with one attached hydrogen (secondary N) is 1. The van der Waals surface area contributed by atoms with Crippen molar-refractivity contribution in [2.75, 3.05) is 26.3 Å². The van der Waals surface area contributed by atoms with E-state index in [-0.39, 0.29) is 11.1 Å². The molecule has 1 aromatic rings. The van der Waals surface area contributed by atoms with Crippen LogP contribution in [0.2, 0.25) is 0 Å². The number of aromatic nitrogens is 2. The number of ether oxygens (including phenoxy) is 1. The summed E-state index contributed by atoms with van der Waals surface area (Å²) in [4.78, 5) is 6.05. The van der Waals surface area contributed by atoms with E-state index < -0.39 is 22.2 Å². The van der Waals surface area contributed by atoms with Crippen molar-refractivity contribution in [3.05, 3.63) is 12.5 Å². The Kier molecular flexibility index (Phi) is 4.51. The number of sulfonamides is 1. The Morgan fingerprint density at radius 2 is 2.09 bits per heavy atom. The number of rotatable bonds is 4. The van der Waals surface area contributed by atoms with Gasteiger partial charge in [-0.3, -0.25) is 4.90 Å². The monoisotopic (exact) mass is 330 g/mol. The molecule has 3 rings (SSSR count). The minimum atomic E-state index is -3.70. The van der Waals surface area contributed by atoms with E-state index in [2.05, 4.69) is 14.6 Å². The number of morpholine rings is 1. The van der Waals surface area contributed by atoms with Gasteiger partial charge in [0.1, 0.15) is 0 Å². The lowest BCUT2D eigenvalue weighted by Gasteiger charge is -2.34. The second-order valence-corrected chi connectivity index (χ2v) is 7.55. The summed E-state index contributed by atoms with van der Waals surface area (Å²) in [5.41, 5.74) is 0. The van der Waals surface area contributed by atoms with Gasteiger partial charge >= 0.3 is 0 Å². The van der Waals surface area contributed by atoms with Crippen LogP contribution in [0.4, 0.5) is 0 Å².